The molecule has 2 N–H and O–H groups in total. The molecule has 1 aromatic carbocycles. The number of rotatable bonds is 8. The minimum Gasteiger partial charge on any atom is -0.458 e. The fraction of sp³-hybridized carbons (Fsp3) is 0.652. The summed E-state index contributed by atoms with van der Waals surface area (Å²) in [7, 11) is -3.70. The number of amides is 1. The van der Waals surface area contributed by atoms with Crippen LogP contribution in [-0.4, -0.2) is 44.3 Å². The van der Waals surface area contributed by atoms with Gasteiger partial charge in [0.1, 0.15) is 17.2 Å². The Bertz CT molecular complexity index is 911. The summed E-state index contributed by atoms with van der Waals surface area (Å²) in [5.74, 6) is -0.474. The van der Waals surface area contributed by atoms with E-state index in [2.05, 4.69) is 10.0 Å². The summed E-state index contributed by atoms with van der Waals surface area (Å²) in [6, 6.07) is 3.67. The average molecular weight is 471 g/mol. The van der Waals surface area contributed by atoms with Gasteiger partial charge in [0, 0.05) is 13.0 Å². The molecule has 0 fully saturated rings. The number of nitrogens with one attached hydrogen (secondary N) is 2. The van der Waals surface area contributed by atoms with Gasteiger partial charge in [0.05, 0.1) is 4.90 Å². The highest BCUT2D eigenvalue weighted by Gasteiger charge is 2.29. The van der Waals surface area contributed by atoms with E-state index < -0.39 is 39.3 Å². The quantitative estimate of drug-likeness (QED) is 0.561. The van der Waals surface area contributed by atoms with Crippen molar-refractivity contribution in [3.05, 3.63) is 29.3 Å². The van der Waals surface area contributed by atoms with E-state index in [1.165, 1.54) is 12.1 Å². The molecular weight excluding hydrogens is 432 g/mol. The second-order valence-electron chi connectivity index (χ2n) is 10.3. The third-order valence-electron chi connectivity index (χ3n) is 4.12. The molecule has 0 heterocycles. The molecule has 9 heteroatoms. The molecule has 1 aromatic rings. The van der Waals surface area contributed by atoms with Crippen LogP contribution >= 0.6 is 0 Å². The fourth-order valence-electron chi connectivity index (χ4n) is 2.63. The van der Waals surface area contributed by atoms with Gasteiger partial charge in [0.25, 0.3) is 0 Å². The normalized spacial score (nSPS) is 13.6. The molecule has 0 aromatic heterocycles. The van der Waals surface area contributed by atoms with Crippen molar-refractivity contribution < 1.29 is 27.5 Å². The topological polar surface area (TPSA) is 111 Å². The number of hydrogen-bond donors (Lipinski definition) is 2. The van der Waals surface area contributed by atoms with E-state index in [0.29, 0.717) is 12.1 Å². The summed E-state index contributed by atoms with van der Waals surface area (Å²) >= 11 is 0. The smallest absolute Gasteiger partial charge is 0.408 e. The maximum atomic E-state index is 12.8. The van der Waals surface area contributed by atoms with Crippen LogP contribution in [0.5, 0.6) is 0 Å². The lowest BCUT2D eigenvalue weighted by Crippen LogP contribution is -2.47. The van der Waals surface area contributed by atoms with E-state index in [-0.39, 0.29) is 17.2 Å². The molecule has 0 spiro atoms. The fourth-order valence-corrected chi connectivity index (χ4v) is 3.89. The highest BCUT2D eigenvalue weighted by atomic mass is 32.2. The zero-order valence-corrected chi connectivity index (χ0v) is 21.5. The first-order valence-corrected chi connectivity index (χ1v) is 12.2. The van der Waals surface area contributed by atoms with Gasteiger partial charge < -0.3 is 14.8 Å². The molecule has 0 unspecified atom stereocenters. The lowest BCUT2D eigenvalue weighted by Gasteiger charge is -2.26. The molecule has 0 saturated heterocycles. The van der Waals surface area contributed by atoms with Gasteiger partial charge in [-0.1, -0.05) is 19.9 Å². The van der Waals surface area contributed by atoms with Crippen LogP contribution in [0.2, 0.25) is 0 Å². The molecule has 0 aliphatic carbocycles. The maximum Gasteiger partial charge on any atom is 0.408 e. The predicted molar refractivity (Wildman–Crippen MR) is 124 cm³/mol. The van der Waals surface area contributed by atoms with Crippen molar-refractivity contribution in [1.82, 2.24) is 10.0 Å². The first-order chi connectivity index (χ1) is 14.4. The Balaban J connectivity index is 3.22. The van der Waals surface area contributed by atoms with Gasteiger partial charge >= 0.3 is 12.1 Å². The van der Waals surface area contributed by atoms with Crippen LogP contribution in [0.3, 0.4) is 0 Å². The molecule has 0 bridgehead atoms. The number of alkyl carbamates (subject to hydrolysis) is 1. The Morgan fingerprint density at radius 1 is 1.00 bits per heavy atom. The number of carbonyl (C=O) groups is 2. The van der Waals surface area contributed by atoms with Crippen LogP contribution in [0.1, 0.15) is 66.5 Å². The molecular formula is C23H38N2O6S. The van der Waals surface area contributed by atoms with E-state index in [9.17, 15) is 18.0 Å². The lowest BCUT2D eigenvalue weighted by molar-refractivity contribution is -0.157. The van der Waals surface area contributed by atoms with E-state index in [1.807, 2.05) is 20.8 Å². The van der Waals surface area contributed by atoms with E-state index in [0.717, 1.165) is 5.56 Å². The van der Waals surface area contributed by atoms with Crippen molar-refractivity contribution >= 4 is 22.1 Å². The zero-order chi connectivity index (χ0) is 24.9. The Morgan fingerprint density at radius 3 is 2.06 bits per heavy atom. The minimum atomic E-state index is -3.70. The van der Waals surface area contributed by atoms with Crippen LogP contribution < -0.4 is 10.0 Å². The van der Waals surface area contributed by atoms with Gasteiger partial charge in [0.2, 0.25) is 10.0 Å². The number of aryl methyl sites for hydroxylation is 1. The molecule has 0 saturated carbocycles. The third kappa shape index (κ3) is 9.99. The molecule has 8 nitrogen and oxygen atoms in total. The van der Waals surface area contributed by atoms with E-state index >= 15 is 0 Å². The monoisotopic (exact) mass is 470 g/mol. The standard InChI is InChI=1S/C23H38N2O6S/c1-15(2)14-24-32(28,29)18-11-10-16(3)17(12-18)13-19(20(26)30-22(4,5)6)25-21(27)31-23(7,8)9/h10-12,15,19,24H,13-14H2,1-9H3,(H,25,27)/t19-/m0/s1. The van der Waals surface area contributed by atoms with Gasteiger partial charge in [-0.3, -0.25) is 0 Å². The Labute approximate surface area is 192 Å². The summed E-state index contributed by atoms with van der Waals surface area (Å²) in [6.07, 6.45) is -0.707. The average Bonchev–Trinajstić information content (AvgIpc) is 2.58. The van der Waals surface area contributed by atoms with Crippen LogP contribution in [0.25, 0.3) is 0 Å². The summed E-state index contributed by atoms with van der Waals surface area (Å²) in [5.41, 5.74) is -0.114. The molecule has 182 valence electrons. The third-order valence-corrected chi connectivity index (χ3v) is 5.54. The SMILES string of the molecule is Cc1ccc(S(=O)(=O)NCC(C)C)cc1C[C@H](NC(=O)OC(C)(C)C)C(=O)OC(C)(C)C. The summed E-state index contributed by atoms with van der Waals surface area (Å²) in [6.45, 7) is 16.3. The molecule has 1 amide bonds. The predicted octanol–water partition coefficient (Wildman–Crippen LogP) is 3.71. The zero-order valence-electron chi connectivity index (χ0n) is 20.7. The Morgan fingerprint density at radius 2 is 1.56 bits per heavy atom. The van der Waals surface area contributed by atoms with Crippen molar-refractivity contribution in [1.29, 1.82) is 0 Å². The highest BCUT2D eigenvalue weighted by Crippen LogP contribution is 2.19. The second kappa shape index (κ2) is 10.7. The molecule has 0 radical (unpaired) electrons. The number of esters is 1. The second-order valence-corrected chi connectivity index (χ2v) is 12.0. The molecule has 32 heavy (non-hydrogen) atoms. The van der Waals surface area contributed by atoms with Crippen molar-refractivity contribution in [2.75, 3.05) is 6.54 Å². The van der Waals surface area contributed by atoms with Gasteiger partial charge in [-0.15, -0.1) is 0 Å². The Hall–Kier alpha value is -2.13. The minimum absolute atomic E-state index is 0.0491. The number of sulfonamides is 1. The number of ether oxygens (including phenoxy) is 2. The van der Waals surface area contributed by atoms with Crippen LogP contribution in [-0.2, 0) is 30.7 Å². The van der Waals surface area contributed by atoms with Crippen LogP contribution in [0.15, 0.2) is 23.1 Å². The molecule has 1 atom stereocenters. The lowest BCUT2D eigenvalue weighted by atomic mass is 10.0. The van der Waals surface area contributed by atoms with E-state index in [4.69, 9.17) is 9.47 Å². The maximum absolute atomic E-state index is 12.8. The van der Waals surface area contributed by atoms with Gasteiger partial charge in [0.15, 0.2) is 0 Å². The number of carbonyl (C=O) groups excluding carboxylic acids is 2. The summed E-state index contributed by atoms with van der Waals surface area (Å²) in [4.78, 5) is 25.3. The van der Waals surface area contributed by atoms with Gasteiger partial charge in [-0.25, -0.2) is 22.7 Å². The Kier molecular flexibility index (Phi) is 9.29. The number of benzene rings is 1. The van der Waals surface area contributed by atoms with Crippen molar-refractivity contribution in [3.63, 3.8) is 0 Å². The van der Waals surface area contributed by atoms with E-state index in [1.54, 1.807) is 47.6 Å². The largest absolute Gasteiger partial charge is 0.458 e. The van der Waals surface area contributed by atoms with Crippen molar-refractivity contribution in [3.8, 4) is 0 Å². The van der Waals surface area contributed by atoms with Gasteiger partial charge in [-0.05, 0) is 77.6 Å². The highest BCUT2D eigenvalue weighted by molar-refractivity contribution is 7.89. The van der Waals surface area contributed by atoms with Crippen molar-refractivity contribution in [2.45, 2.75) is 90.9 Å². The summed E-state index contributed by atoms with van der Waals surface area (Å²) < 4.78 is 38.6. The number of hydrogen-bond acceptors (Lipinski definition) is 6. The molecule has 0 aliphatic heterocycles. The van der Waals surface area contributed by atoms with Gasteiger partial charge in [-0.2, -0.15) is 0 Å². The van der Waals surface area contributed by atoms with Crippen molar-refractivity contribution in [2.24, 2.45) is 5.92 Å². The van der Waals surface area contributed by atoms with Crippen LogP contribution in [0.4, 0.5) is 4.79 Å². The van der Waals surface area contributed by atoms with Crippen LogP contribution in [0, 0.1) is 12.8 Å². The first-order valence-electron chi connectivity index (χ1n) is 10.7. The first kappa shape index (κ1) is 27.9. The molecule has 0 aliphatic rings. The summed E-state index contributed by atoms with van der Waals surface area (Å²) in [5, 5.41) is 2.57. The molecule has 1 rings (SSSR count).